The van der Waals surface area contributed by atoms with E-state index in [1.54, 1.807) is 0 Å². The Kier molecular flexibility index (Phi) is 3.10. The molecule has 90 valence electrons. The molecule has 2 rings (SSSR count). The van der Waals surface area contributed by atoms with Crippen molar-refractivity contribution in [2.75, 3.05) is 11.4 Å². The summed E-state index contributed by atoms with van der Waals surface area (Å²) < 4.78 is 14.0. The quantitative estimate of drug-likeness (QED) is 0.822. The second-order valence-corrected chi connectivity index (χ2v) is 4.69. The summed E-state index contributed by atoms with van der Waals surface area (Å²) in [5.74, 6) is -2.19. The summed E-state index contributed by atoms with van der Waals surface area (Å²) in [6.45, 7) is 0.100. The maximum absolute atomic E-state index is 13.5. The summed E-state index contributed by atoms with van der Waals surface area (Å²) >= 11 is 3.15. The van der Waals surface area contributed by atoms with Crippen molar-refractivity contribution in [3.8, 4) is 0 Å². The Bertz CT molecular complexity index is 494. The molecule has 2 amide bonds. The second kappa shape index (κ2) is 4.40. The first-order valence-electron chi connectivity index (χ1n) is 4.89. The lowest BCUT2D eigenvalue weighted by atomic mass is 10.1. The summed E-state index contributed by atoms with van der Waals surface area (Å²) in [6, 6.07) is 1.45. The van der Waals surface area contributed by atoms with E-state index in [0.717, 1.165) is 0 Å². The van der Waals surface area contributed by atoms with E-state index in [9.17, 15) is 14.0 Å². The van der Waals surface area contributed by atoms with Gasteiger partial charge in [0.25, 0.3) is 0 Å². The number of hydrogen-bond acceptors (Lipinski definition) is 3. The average Bonchev–Trinajstić information content (AvgIpc) is 2.64. The van der Waals surface area contributed by atoms with Crippen molar-refractivity contribution in [3.05, 3.63) is 22.7 Å². The van der Waals surface area contributed by atoms with Gasteiger partial charge in [-0.05, 0) is 22.0 Å². The fraction of sp³-hybridized carbons (Fsp3) is 0.300. The fourth-order valence-electron chi connectivity index (χ4n) is 1.73. The number of aromatic nitrogens is 1. The maximum Gasteiger partial charge on any atom is 0.236 e. The Hall–Kier alpha value is -1.50. The van der Waals surface area contributed by atoms with Crippen LogP contribution in [-0.2, 0) is 9.59 Å². The molecule has 1 aliphatic heterocycles. The molecule has 0 saturated carbocycles. The van der Waals surface area contributed by atoms with Crippen molar-refractivity contribution in [1.29, 1.82) is 0 Å². The molecule has 7 heteroatoms. The molecule has 1 saturated heterocycles. The van der Waals surface area contributed by atoms with Crippen LogP contribution in [0.3, 0.4) is 0 Å². The summed E-state index contributed by atoms with van der Waals surface area (Å²) in [5.41, 5.74) is 5.19. The van der Waals surface area contributed by atoms with Gasteiger partial charge in [0.15, 0.2) is 0 Å². The normalized spacial score (nSPS) is 19.8. The molecular weight excluding hydrogens is 293 g/mol. The van der Waals surface area contributed by atoms with Gasteiger partial charge in [0.1, 0.15) is 5.69 Å². The number of carbonyl (C=O) groups excluding carboxylic acids is 2. The van der Waals surface area contributed by atoms with Crippen LogP contribution in [0.4, 0.5) is 10.1 Å². The minimum absolute atomic E-state index is 0.0152. The molecule has 17 heavy (non-hydrogen) atoms. The van der Waals surface area contributed by atoms with Gasteiger partial charge in [-0.3, -0.25) is 9.59 Å². The van der Waals surface area contributed by atoms with Crippen LogP contribution in [0.5, 0.6) is 0 Å². The van der Waals surface area contributed by atoms with E-state index in [2.05, 4.69) is 20.9 Å². The van der Waals surface area contributed by atoms with Crippen molar-refractivity contribution in [2.45, 2.75) is 6.42 Å². The fourth-order valence-corrected chi connectivity index (χ4v) is 2.05. The number of nitrogens with two attached hydrogens (primary N) is 1. The number of rotatable bonds is 2. The Labute approximate surface area is 105 Å². The van der Waals surface area contributed by atoms with E-state index in [4.69, 9.17) is 5.73 Å². The second-order valence-electron chi connectivity index (χ2n) is 3.77. The minimum Gasteiger partial charge on any atom is -0.369 e. The topological polar surface area (TPSA) is 76.3 Å². The van der Waals surface area contributed by atoms with Crippen LogP contribution in [0.25, 0.3) is 0 Å². The van der Waals surface area contributed by atoms with Gasteiger partial charge in [-0.1, -0.05) is 0 Å². The Morgan fingerprint density at radius 1 is 1.65 bits per heavy atom. The molecule has 1 aliphatic rings. The number of carbonyl (C=O) groups is 2. The third kappa shape index (κ3) is 2.28. The largest absolute Gasteiger partial charge is 0.369 e. The first kappa shape index (κ1) is 12.0. The molecule has 1 unspecified atom stereocenters. The predicted molar refractivity (Wildman–Crippen MR) is 61.5 cm³/mol. The van der Waals surface area contributed by atoms with Crippen LogP contribution in [0, 0.1) is 11.9 Å². The lowest BCUT2D eigenvalue weighted by molar-refractivity contribution is -0.123. The van der Waals surface area contributed by atoms with Gasteiger partial charge in [-0.15, -0.1) is 0 Å². The van der Waals surface area contributed by atoms with Crippen LogP contribution in [0.15, 0.2) is 16.7 Å². The van der Waals surface area contributed by atoms with Crippen LogP contribution >= 0.6 is 15.9 Å². The van der Waals surface area contributed by atoms with Crippen LogP contribution in [0.2, 0.25) is 0 Å². The predicted octanol–water partition coefficient (Wildman–Crippen LogP) is 0.821. The molecule has 0 spiro atoms. The van der Waals surface area contributed by atoms with E-state index in [1.807, 2.05) is 0 Å². The lowest BCUT2D eigenvalue weighted by Gasteiger charge is -2.16. The first-order chi connectivity index (χ1) is 7.99. The standard InChI is InChI=1S/C10H9BrFN3O2/c11-6-2-7(9(12)14-3-6)15-4-5(10(13)17)1-8(15)16/h2-3,5H,1,4H2,(H2,13,17). The van der Waals surface area contributed by atoms with Crippen molar-refractivity contribution < 1.29 is 14.0 Å². The SMILES string of the molecule is NC(=O)C1CC(=O)N(c2cc(Br)cnc2F)C1. The highest BCUT2D eigenvalue weighted by Gasteiger charge is 2.35. The van der Waals surface area contributed by atoms with Crippen molar-refractivity contribution in [1.82, 2.24) is 4.98 Å². The third-order valence-electron chi connectivity index (χ3n) is 2.61. The zero-order valence-corrected chi connectivity index (χ0v) is 10.3. The molecule has 1 aromatic rings. The molecule has 5 nitrogen and oxygen atoms in total. The molecule has 0 radical (unpaired) electrons. The molecule has 0 bridgehead atoms. The highest BCUT2D eigenvalue weighted by atomic mass is 79.9. The average molecular weight is 302 g/mol. The first-order valence-corrected chi connectivity index (χ1v) is 5.69. The molecular formula is C10H9BrFN3O2. The lowest BCUT2D eigenvalue weighted by Crippen LogP contribution is -2.29. The van der Waals surface area contributed by atoms with E-state index in [0.29, 0.717) is 4.47 Å². The molecule has 1 aromatic heterocycles. The van der Waals surface area contributed by atoms with Crippen LogP contribution in [0.1, 0.15) is 6.42 Å². The van der Waals surface area contributed by atoms with E-state index < -0.39 is 17.8 Å². The summed E-state index contributed by atoms with van der Waals surface area (Å²) in [4.78, 5) is 27.4. The molecule has 1 atom stereocenters. The van der Waals surface area contributed by atoms with E-state index >= 15 is 0 Å². The number of anilines is 1. The number of pyridine rings is 1. The summed E-state index contributed by atoms with van der Waals surface area (Å²) in [6.07, 6.45) is 1.31. The zero-order valence-electron chi connectivity index (χ0n) is 8.69. The highest BCUT2D eigenvalue weighted by molar-refractivity contribution is 9.10. The van der Waals surface area contributed by atoms with Gasteiger partial charge in [0.2, 0.25) is 17.8 Å². The van der Waals surface area contributed by atoms with Gasteiger partial charge in [-0.2, -0.15) is 4.39 Å². The zero-order chi connectivity index (χ0) is 12.6. The number of halogens is 2. The number of nitrogens with zero attached hydrogens (tertiary/aromatic N) is 2. The van der Waals surface area contributed by atoms with Crippen LogP contribution in [-0.4, -0.2) is 23.3 Å². The number of hydrogen-bond donors (Lipinski definition) is 1. The molecule has 1 fully saturated rings. The Morgan fingerprint density at radius 2 is 2.35 bits per heavy atom. The third-order valence-corrected chi connectivity index (χ3v) is 3.04. The monoisotopic (exact) mass is 301 g/mol. The smallest absolute Gasteiger partial charge is 0.236 e. The maximum atomic E-state index is 13.5. The van der Waals surface area contributed by atoms with Gasteiger partial charge in [0.05, 0.1) is 5.92 Å². The van der Waals surface area contributed by atoms with E-state index in [-0.39, 0.29) is 24.6 Å². The Balaban J connectivity index is 2.32. The van der Waals surface area contributed by atoms with Crippen molar-refractivity contribution in [2.24, 2.45) is 11.7 Å². The van der Waals surface area contributed by atoms with Gasteiger partial charge >= 0.3 is 0 Å². The van der Waals surface area contributed by atoms with Gasteiger partial charge in [0, 0.05) is 23.6 Å². The Morgan fingerprint density at radius 3 is 2.94 bits per heavy atom. The summed E-state index contributed by atoms with van der Waals surface area (Å²) in [5, 5.41) is 0. The number of amides is 2. The van der Waals surface area contributed by atoms with Crippen molar-refractivity contribution in [3.63, 3.8) is 0 Å². The molecule has 2 heterocycles. The summed E-state index contributed by atoms with van der Waals surface area (Å²) in [7, 11) is 0. The highest BCUT2D eigenvalue weighted by Crippen LogP contribution is 2.28. The van der Waals surface area contributed by atoms with E-state index in [1.165, 1.54) is 17.2 Å². The number of primary amides is 1. The van der Waals surface area contributed by atoms with Crippen LogP contribution < -0.4 is 10.6 Å². The molecule has 0 aromatic carbocycles. The minimum atomic E-state index is -0.744. The van der Waals surface area contributed by atoms with Gasteiger partial charge < -0.3 is 10.6 Å². The molecule has 0 aliphatic carbocycles. The van der Waals surface area contributed by atoms with Gasteiger partial charge in [-0.25, -0.2) is 4.98 Å². The van der Waals surface area contributed by atoms with Crippen molar-refractivity contribution >= 4 is 33.4 Å². The molecule has 2 N–H and O–H groups in total.